The van der Waals surface area contributed by atoms with Crippen LogP contribution in [0.4, 0.5) is 0 Å². The van der Waals surface area contributed by atoms with Crippen LogP contribution in [0.2, 0.25) is 0 Å². The molecule has 4 aliphatic carbocycles. The first-order valence-corrected chi connectivity index (χ1v) is 7.55. The van der Waals surface area contributed by atoms with Crippen LogP contribution in [-0.2, 0) is 6.54 Å². The van der Waals surface area contributed by atoms with Crippen LogP contribution in [-0.4, -0.2) is 16.1 Å². The molecule has 0 spiro atoms. The molecule has 4 bridgehead atoms. The van der Waals surface area contributed by atoms with E-state index in [1.54, 1.807) is 0 Å². The van der Waals surface area contributed by atoms with Gasteiger partial charge in [0.25, 0.3) is 0 Å². The van der Waals surface area contributed by atoms with Gasteiger partial charge in [0.1, 0.15) is 0 Å². The van der Waals surface area contributed by atoms with Gasteiger partial charge < -0.3 is 10.3 Å². The summed E-state index contributed by atoms with van der Waals surface area (Å²) in [5.74, 6) is 4.76. The summed E-state index contributed by atoms with van der Waals surface area (Å²) in [6, 6.07) is 0. The van der Waals surface area contributed by atoms with Gasteiger partial charge >= 0.3 is 0 Å². The summed E-state index contributed by atoms with van der Waals surface area (Å²) >= 11 is 0. The highest BCUT2D eigenvalue weighted by atomic mass is 15.1. The lowest BCUT2D eigenvalue weighted by Crippen LogP contribution is -2.44. The number of rotatable bonds is 3. The largest absolute Gasteiger partial charge is 0.333 e. The molecule has 3 nitrogen and oxygen atoms in total. The molecule has 2 N–H and O–H groups in total. The van der Waals surface area contributed by atoms with Crippen molar-refractivity contribution in [3.05, 3.63) is 18.2 Å². The Bertz CT molecular complexity index is 409. The zero-order valence-corrected chi connectivity index (χ0v) is 11.0. The van der Waals surface area contributed by atoms with Crippen LogP contribution in [0.3, 0.4) is 0 Å². The Labute approximate surface area is 109 Å². The normalized spacial score (nSPS) is 41.5. The number of nitrogens with two attached hydrogens (primary N) is 1. The summed E-state index contributed by atoms with van der Waals surface area (Å²) < 4.78 is 2.31. The Balaban J connectivity index is 1.66. The third-order valence-corrected chi connectivity index (χ3v) is 5.68. The van der Waals surface area contributed by atoms with Crippen molar-refractivity contribution < 1.29 is 0 Å². The molecule has 4 saturated carbocycles. The first kappa shape index (κ1) is 11.0. The smallest absolute Gasteiger partial charge is 0.0948 e. The molecule has 0 amide bonds. The van der Waals surface area contributed by atoms with E-state index in [0.717, 1.165) is 42.7 Å². The molecule has 5 rings (SSSR count). The van der Waals surface area contributed by atoms with E-state index in [1.807, 2.05) is 6.33 Å². The van der Waals surface area contributed by atoms with Gasteiger partial charge in [-0.25, -0.2) is 4.98 Å². The minimum atomic E-state index is 0.719. The number of imidazole rings is 1. The minimum absolute atomic E-state index is 0.719. The highest BCUT2D eigenvalue weighted by Gasteiger charge is 2.49. The summed E-state index contributed by atoms with van der Waals surface area (Å²) in [6.07, 6.45) is 11.5. The van der Waals surface area contributed by atoms with Crippen molar-refractivity contribution >= 4 is 0 Å². The van der Waals surface area contributed by atoms with Crippen molar-refractivity contribution in [1.29, 1.82) is 0 Å². The number of hydrogen-bond acceptors (Lipinski definition) is 2. The van der Waals surface area contributed by atoms with Gasteiger partial charge in [0.15, 0.2) is 0 Å². The molecule has 1 aromatic rings. The van der Waals surface area contributed by atoms with E-state index in [2.05, 4.69) is 15.7 Å². The molecular formula is C15H23N3. The second kappa shape index (κ2) is 4.09. The van der Waals surface area contributed by atoms with E-state index in [0.29, 0.717) is 0 Å². The Morgan fingerprint density at radius 3 is 2.39 bits per heavy atom. The van der Waals surface area contributed by atoms with Crippen molar-refractivity contribution in [1.82, 2.24) is 9.55 Å². The Kier molecular flexibility index (Phi) is 2.51. The zero-order valence-electron chi connectivity index (χ0n) is 11.0. The Morgan fingerprint density at radius 2 is 1.78 bits per heavy atom. The molecule has 98 valence electrons. The van der Waals surface area contributed by atoms with Crippen LogP contribution in [0.5, 0.6) is 0 Å². The topological polar surface area (TPSA) is 43.8 Å². The van der Waals surface area contributed by atoms with Crippen molar-refractivity contribution in [2.24, 2.45) is 29.4 Å². The predicted octanol–water partition coefficient (Wildman–Crippen LogP) is 2.38. The summed E-state index contributed by atoms with van der Waals surface area (Å²) in [6.45, 7) is 1.65. The fourth-order valence-electron chi connectivity index (χ4n) is 5.34. The first-order chi connectivity index (χ1) is 8.85. The van der Waals surface area contributed by atoms with E-state index in [9.17, 15) is 0 Å². The van der Waals surface area contributed by atoms with Gasteiger partial charge in [0, 0.05) is 30.9 Å². The van der Waals surface area contributed by atoms with Crippen LogP contribution < -0.4 is 5.73 Å². The summed E-state index contributed by atoms with van der Waals surface area (Å²) in [4.78, 5) is 4.38. The second-order valence-corrected chi connectivity index (χ2v) is 6.76. The van der Waals surface area contributed by atoms with Crippen molar-refractivity contribution in [2.75, 3.05) is 6.54 Å². The third kappa shape index (κ3) is 1.56. The van der Waals surface area contributed by atoms with Gasteiger partial charge in [0.2, 0.25) is 0 Å². The van der Waals surface area contributed by atoms with E-state index in [4.69, 9.17) is 5.73 Å². The van der Waals surface area contributed by atoms with Crippen LogP contribution in [0.1, 0.15) is 43.7 Å². The molecule has 0 radical (unpaired) electrons. The molecule has 0 atom stereocenters. The fraction of sp³-hybridized carbons (Fsp3) is 0.800. The minimum Gasteiger partial charge on any atom is -0.333 e. The van der Waals surface area contributed by atoms with Crippen molar-refractivity contribution in [3.8, 4) is 0 Å². The molecule has 3 heteroatoms. The Hall–Kier alpha value is -0.830. The standard InChI is InChI=1S/C15H23N3/c16-1-2-18-9-17-8-14(18)15-12-4-10-3-11(6-12)7-13(15)5-10/h8-13,15H,1-7,16H2. The van der Waals surface area contributed by atoms with Crippen LogP contribution in [0.15, 0.2) is 12.5 Å². The molecule has 4 aliphatic rings. The quantitative estimate of drug-likeness (QED) is 0.888. The predicted molar refractivity (Wildman–Crippen MR) is 71.1 cm³/mol. The number of hydrogen-bond donors (Lipinski definition) is 1. The molecule has 1 aromatic heterocycles. The van der Waals surface area contributed by atoms with Crippen LogP contribution in [0.25, 0.3) is 0 Å². The van der Waals surface area contributed by atoms with Gasteiger partial charge in [-0.1, -0.05) is 0 Å². The molecular weight excluding hydrogens is 222 g/mol. The van der Waals surface area contributed by atoms with E-state index < -0.39 is 0 Å². The third-order valence-electron chi connectivity index (χ3n) is 5.68. The number of aromatic nitrogens is 2. The summed E-state index contributed by atoms with van der Waals surface area (Å²) in [7, 11) is 0. The average molecular weight is 245 g/mol. The molecule has 0 unspecified atom stereocenters. The highest BCUT2D eigenvalue weighted by molar-refractivity contribution is 5.16. The van der Waals surface area contributed by atoms with Crippen molar-refractivity contribution in [3.63, 3.8) is 0 Å². The maximum absolute atomic E-state index is 5.71. The molecule has 18 heavy (non-hydrogen) atoms. The van der Waals surface area contributed by atoms with Crippen LogP contribution in [0, 0.1) is 23.7 Å². The molecule has 0 aliphatic heterocycles. The molecule has 0 saturated heterocycles. The average Bonchev–Trinajstić information content (AvgIpc) is 2.76. The lowest BCUT2D eigenvalue weighted by atomic mass is 9.51. The van der Waals surface area contributed by atoms with E-state index in [-0.39, 0.29) is 0 Å². The van der Waals surface area contributed by atoms with Gasteiger partial charge in [-0.2, -0.15) is 0 Å². The number of nitrogens with zero attached hydrogens (tertiary/aromatic N) is 2. The van der Waals surface area contributed by atoms with Gasteiger partial charge in [0.05, 0.1) is 6.33 Å². The molecule has 4 fully saturated rings. The van der Waals surface area contributed by atoms with Crippen LogP contribution >= 0.6 is 0 Å². The lowest BCUT2D eigenvalue weighted by Gasteiger charge is -2.54. The lowest BCUT2D eigenvalue weighted by molar-refractivity contribution is -0.00526. The van der Waals surface area contributed by atoms with E-state index >= 15 is 0 Å². The molecule has 1 heterocycles. The second-order valence-electron chi connectivity index (χ2n) is 6.76. The monoisotopic (exact) mass is 245 g/mol. The first-order valence-electron chi connectivity index (χ1n) is 7.55. The van der Waals surface area contributed by atoms with Gasteiger partial charge in [-0.05, 0) is 55.8 Å². The fourth-order valence-corrected chi connectivity index (χ4v) is 5.34. The maximum atomic E-state index is 5.71. The summed E-state index contributed by atoms with van der Waals surface area (Å²) in [5, 5.41) is 0. The van der Waals surface area contributed by atoms with Gasteiger partial charge in [-0.15, -0.1) is 0 Å². The van der Waals surface area contributed by atoms with E-state index in [1.165, 1.54) is 37.8 Å². The Morgan fingerprint density at radius 1 is 1.11 bits per heavy atom. The summed E-state index contributed by atoms with van der Waals surface area (Å²) in [5.41, 5.74) is 7.20. The zero-order chi connectivity index (χ0) is 12.1. The maximum Gasteiger partial charge on any atom is 0.0948 e. The molecule has 0 aromatic carbocycles. The SMILES string of the molecule is NCCn1cncc1C1C2CC3CC(C2)CC1C3. The highest BCUT2D eigenvalue weighted by Crippen LogP contribution is 2.59. The van der Waals surface area contributed by atoms with Gasteiger partial charge in [-0.3, -0.25) is 0 Å². The van der Waals surface area contributed by atoms with Crippen molar-refractivity contribution in [2.45, 2.75) is 44.6 Å².